The lowest BCUT2D eigenvalue weighted by Gasteiger charge is -2.20. The minimum absolute atomic E-state index is 0.0942. The molecule has 1 N–H and O–H groups in total. The molecule has 2 aromatic rings. The fourth-order valence-corrected chi connectivity index (χ4v) is 3.85. The maximum Gasteiger partial charge on any atom is 0.406 e. The summed E-state index contributed by atoms with van der Waals surface area (Å²) in [4.78, 5) is 4.16. The number of benzene rings is 1. The average Bonchev–Trinajstić information content (AvgIpc) is 2.63. The molecule has 140 valence electrons. The lowest BCUT2D eigenvalue weighted by molar-refractivity contribution is 0.284. The molecule has 0 saturated carbocycles. The molecule has 0 saturated heterocycles. The SMILES string of the molecule is C=C(CC)P(=O)(OCC)Oc1cncc(-c2cc(C)c(O)c(OC)c2)c1. The fourth-order valence-electron chi connectivity index (χ4n) is 2.38. The number of hydrogen-bond acceptors (Lipinski definition) is 6. The van der Waals surface area contributed by atoms with Crippen LogP contribution in [0.3, 0.4) is 0 Å². The molecule has 26 heavy (non-hydrogen) atoms. The molecule has 2 rings (SSSR count). The Kier molecular flexibility index (Phi) is 6.46. The summed E-state index contributed by atoms with van der Waals surface area (Å²) >= 11 is 0. The summed E-state index contributed by atoms with van der Waals surface area (Å²) in [6, 6.07) is 5.23. The highest BCUT2D eigenvalue weighted by molar-refractivity contribution is 7.58. The van der Waals surface area contributed by atoms with Crippen molar-refractivity contribution in [1.82, 2.24) is 4.98 Å². The van der Waals surface area contributed by atoms with Gasteiger partial charge in [0, 0.05) is 17.1 Å². The van der Waals surface area contributed by atoms with Gasteiger partial charge in [0.05, 0.1) is 19.9 Å². The number of nitrogens with zero attached hydrogens (tertiary/aromatic N) is 1. The number of aryl methyl sites for hydroxylation is 1. The minimum atomic E-state index is -3.48. The second-order valence-corrected chi connectivity index (χ2v) is 7.75. The Bertz CT molecular complexity index is 850. The van der Waals surface area contributed by atoms with E-state index in [0.717, 1.165) is 11.1 Å². The molecule has 7 heteroatoms. The second-order valence-electron chi connectivity index (χ2n) is 5.68. The van der Waals surface area contributed by atoms with Crippen LogP contribution >= 0.6 is 7.60 Å². The molecular weight excluding hydrogens is 353 g/mol. The summed E-state index contributed by atoms with van der Waals surface area (Å²) < 4.78 is 29.1. The number of aromatic nitrogens is 1. The number of aromatic hydroxyl groups is 1. The molecule has 0 aliphatic rings. The third-order valence-electron chi connectivity index (χ3n) is 3.85. The van der Waals surface area contributed by atoms with Gasteiger partial charge in [-0.2, -0.15) is 0 Å². The zero-order valence-electron chi connectivity index (χ0n) is 15.5. The van der Waals surface area contributed by atoms with E-state index < -0.39 is 7.60 Å². The van der Waals surface area contributed by atoms with E-state index in [4.69, 9.17) is 13.8 Å². The molecule has 6 nitrogen and oxygen atoms in total. The first kappa shape index (κ1) is 20.0. The van der Waals surface area contributed by atoms with Crippen LogP contribution in [0.25, 0.3) is 11.1 Å². The summed E-state index contributed by atoms with van der Waals surface area (Å²) in [5.41, 5.74) is 2.19. The second kappa shape index (κ2) is 8.39. The van der Waals surface area contributed by atoms with E-state index in [1.54, 1.807) is 32.2 Å². The average molecular weight is 377 g/mol. The van der Waals surface area contributed by atoms with Crippen molar-refractivity contribution in [3.63, 3.8) is 0 Å². The summed E-state index contributed by atoms with van der Waals surface area (Å²) in [5, 5.41) is 10.4. The third-order valence-corrected chi connectivity index (χ3v) is 5.99. The summed E-state index contributed by atoms with van der Waals surface area (Å²) in [6.45, 7) is 9.43. The maximum atomic E-state index is 12.9. The summed E-state index contributed by atoms with van der Waals surface area (Å²) in [5.74, 6) is 0.779. The first-order chi connectivity index (χ1) is 12.3. The molecule has 0 fully saturated rings. The van der Waals surface area contributed by atoms with Crippen molar-refractivity contribution in [2.24, 2.45) is 0 Å². The van der Waals surface area contributed by atoms with E-state index in [1.165, 1.54) is 13.3 Å². The van der Waals surface area contributed by atoms with Crippen molar-refractivity contribution in [2.75, 3.05) is 13.7 Å². The van der Waals surface area contributed by atoms with Gasteiger partial charge in [-0.05, 0) is 49.6 Å². The number of rotatable bonds is 8. The molecule has 0 bridgehead atoms. The van der Waals surface area contributed by atoms with Gasteiger partial charge in [0.2, 0.25) is 0 Å². The van der Waals surface area contributed by atoms with Crippen molar-refractivity contribution in [3.05, 3.63) is 48.0 Å². The Morgan fingerprint density at radius 1 is 1.23 bits per heavy atom. The molecule has 1 unspecified atom stereocenters. The Morgan fingerprint density at radius 3 is 2.58 bits per heavy atom. The fraction of sp³-hybridized carbons (Fsp3) is 0.316. The molecular formula is C19H24NO5P. The zero-order chi connectivity index (χ0) is 19.3. The number of ether oxygens (including phenoxy) is 1. The quantitative estimate of drug-likeness (QED) is 0.629. The van der Waals surface area contributed by atoms with E-state index in [-0.39, 0.29) is 12.4 Å². The van der Waals surface area contributed by atoms with Crippen LogP contribution in [-0.4, -0.2) is 23.8 Å². The Hall–Kier alpha value is -2.30. The van der Waals surface area contributed by atoms with Gasteiger partial charge in [-0.1, -0.05) is 13.5 Å². The van der Waals surface area contributed by atoms with Crippen molar-refractivity contribution >= 4 is 7.60 Å². The molecule has 0 radical (unpaired) electrons. The predicted molar refractivity (Wildman–Crippen MR) is 102 cm³/mol. The number of phenolic OH excluding ortho intramolecular Hbond substituents is 1. The number of phenols is 1. The third kappa shape index (κ3) is 4.26. The van der Waals surface area contributed by atoms with Gasteiger partial charge in [-0.3, -0.25) is 9.51 Å². The van der Waals surface area contributed by atoms with Crippen LogP contribution in [0.4, 0.5) is 0 Å². The van der Waals surface area contributed by atoms with Gasteiger partial charge < -0.3 is 14.4 Å². The number of allylic oxidation sites excluding steroid dienone is 1. The van der Waals surface area contributed by atoms with Crippen LogP contribution in [0, 0.1) is 6.92 Å². The largest absolute Gasteiger partial charge is 0.504 e. The molecule has 0 aliphatic carbocycles. The first-order valence-electron chi connectivity index (χ1n) is 8.30. The molecule has 1 atom stereocenters. The topological polar surface area (TPSA) is 77.9 Å². The Balaban J connectivity index is 2.41. The molecule has 0 spiro atoms. The van der Waals surface area contributed by atoms with Crippen molar-refractivity contribution in [1.29, 1.82) is 0 Å². The summed E-state index contributed by atoms with van der Waals surface area (Å²) in [6.07, 6.45) is 3.61. The molecule has 1 aromatic heterocycles. The van der Waals surface area contributed by atoms with Gasteiger partial charge >= 0.3 is 7.60 Å². The summed E-state index contributed by atoms with van der Waals surface area (Å²) in [7, 11) is -1.98. The molecule has 1 aromatic carbocycles. The van der Waals surface area contributed by atoms with Gasteiger partial charge in [-0.15, -0.1) is 0 Å². The highest BCUT2D eigenvalue weighted by Gasteiger charge is 2.29. The van der Waals surface area contributed by atoms with Crippen LogP contribution in [0.2, 0.25) is 0 Å². The van der Waals surface area contributed by atoms with Crippen LogP contribution in [0.5, 0.6) is 17.2 Å². The molecule has 0 amide bonds. The normalized spacial score (nSPS) is 13.1. The monoisotopic (exact) mass is 377 g/mol. The predicted octanol–water partition coefficient (Wildman–Crippen LogP) is 5.30. The highest BCUT2D eigenvalue weighted by atomic mass is 31.2. The van der Waals surface area contributed by atoms with Crippen LogP contribution < -0.4 is 9.26 Å². The number of hydrogen-bond donors (Lipinski definition) is 1. The minimum Gasteiger partial charge on any atom is -0.504 e. The van der Waals surface area contributed by atoms with Crippen LogP contribution in [-0.2, 0) is 9.09 Å². The van der Waals surface area contributed by atoms with Gasteiger partial charge in [-0.25, -0.2) is 4.57 Å². The number of pyridine rings is 1. The van der Waals surface area contributed by atoms with Crippen LogP contribution in [0.1, 0.15) is 25.8 Å². The van der Waals surface area contributed by atoms with E-state index >= 15 is 0 Å². The Labute approximate surface area is 154 Å². The smallest absolute Gasteiger partial charge is 0.406 e. The molecule has 0 aliphatic heterocycles. The lowest BCUT2D eigenvalue weighted by atomic mass is 10.0. The lowest BCUT2D eigenvalue weighted by Crippen LogP contribution is -2.01. The zero-order valence-corrected chi connectivity index (χ0v) is 16.4. The van der Waals surface area contributed by atoms with E-state index in [9.17, 15) is 9.67 Å². The van der Waals surface area contributed by atoms with Crippen molar-refractivity contribution in [2.45, 2.75) is 27.2 Å². The van der Waals surface area contributed by atoms with E-state index in [1.807, 2.05) is 13.0 Å². The van der Waals surface area contributed by atoms with Gasteiger partial charge in [0.15, 0.2) is 11.5 Å². The first-order valence-corrected chi connectivity index (χ1v) is 9.84. The van der Waals surface area contributed by atoms with Crippen LogP contribution in [0.15, 0.2) is 42.5 Å². The maximum absolute atomic E-state index is 12.9. The number of methoxy groups -OCH3 is 1. The Morgan fingerprint density at radius 2 is 1.96 bits per heavy atom. The highest BCUT2D eigenvalue weighted by Crippen LogP contribution is 2.56. The van der Waals surface area contributed by atoms with E-state index in [0.29, 0.717) is 28.8 Å². The van der Waals surface area contributed by atoms with E-state index in [2.05, 4.69) is 11.6 Å². The van der Waals surface area contributed by atoms with Crippen molar-refractivity contribution in [3.8, 4) is 28.4 Å². The van der Waals surface area contributed by atoms with Gasteiger partial charge in [0.1, 0.15) is 5.75 Å². The molecule has 1 heterocycles. The van der Waals surface area contributed by atoms with Crippen molar-refractivity contribution < 1.29 is 23.5 Å². The van der Waals surface area contributed by atoms with Gasteiger partial charge in [0.25, 0.3) is 0 Å². The standard InChI is InChI=1S/C19H24NO5P/c1-6-14(4)26(22,24-7-2)25-17-9-16(11-20-12-17)15-8-13(3)19(21)18(10-15)23-5/h8-12,21H,4,6-7H2,1-3,5H3.